The molecule has 0 amide bonds. The quantitative estimate of drug-likeness (QED) is 0.912. The fourth-order valence-corrected chi connectivity index (χ4v) is 1.94. The third-order valence-electron chi connectivity index (χ3n) is 1.60. The molecule has 0 aliphatic rings. The van der Waals surface area contributed by atoms with E-state index in [-0.39, 0.29) is 6.42 Å². The van der Waals surface area contributed by atoms with Crippen molar-refractivity contribution in [2.45, 2.75) is 6.42 Å². The molecule has 0 bridgehead atoms. The monoisotopic (exact) mass is 317 g/mol. The highest BCUT2D eigenvalue weighted by Gasteiger charge is 2.09. The van der Waals surface area contributed by atoms with Gasteiger partial charge >= 0.3 is 5.97 Å². The van der Waals surface area contributed by atoms with Crippen LogP contribution in [0.5, 0.6) is 0 Å². The summed E-state index contributed by atoms with van der Waals surface area (Å²) in [6.07, 6.45) is -0.0646. The summed E-state index contributed by atoms with van der Waals surface area (Å²) in [4.78, 5) is 10.5. The summed E-state index contributed by atoms with van der Waals surface area (Å²) in [5, 5.41) is 17.3. The van der Waals surface area contributed by atoms with Crippen LogP contribution in [0.3, 0.4) is 0 Å². The second kappa shape index (κ2) is 4.58. The number of carboxylic acid groups (broad SMARTS) is 1. The lowest BCUT2D eigenvalue weighted by Crippen LogP contribution is -2.01. The molecule has 0 heterocycles. The molecule has 3 nitrogen and oxygen atoms in total. The first kappa shape index (κ1) is 11.2. The summed E-state index contributed by atoms with van der Waals surface area (Å²) in [6.45, 7) is 0. The molecule has 0 aromatic heterocycles. The van der Waals surface area contributed by atoms with Crippen LogP contribution in [0.2, 0.25) is 0 Å². The molecule has 0 saturated heterocycles. The Balaban J connectivity index is 3.16. The molecule has 0 unspecified atom stereocenters. The van der Waals surface area contributed by atoms with E-state index in [1.807, 2.05) is 6.07 Å². The molecule has 0 aliphatic carbocycles. The van der Waals surface area contributed by atoms with E-state index < -0.39 is 5.97 Å². The average molecular weight is 319 g/mol. The minimum absolute atomic E-state index is 0.0646. The Morgan fingerprint density at radius 3 is 2.57 bits per heavy atom. The van der Waals surface area contributed by atoms with Gasteiger partial charge in [0.1, 0.15) is 6.07 Å². The molecule has 1 aromatic rings. The molecule has 72 valence electrons. The molecule has 0 radical (unpaired) electrons. The van der Waals surface area contributed by atoms with Crippen LogP contribution < -0.4 is 0 Å². The standard InChI is InChI=1S/C9H5Br2NO2/c10-7-2-6(4-12)8(11)1-5(7)3-9(13)14/h1-2H,3H2,(H,13,14). The molecule has 0 saturated carbocycles. The summed E-state index contributed by atoms with van der Waals surface area (Å²) in [5.41, 5.74) is 1.12. The number of hydrogen-bond donors (Lipinski definition) is 1. The van der Waals surface area contributed by atoms with E-state index in [1.165, 1.54) is 0 Å². The van der Waals surface area contributed by atoms with E-state index in [4.69, 9.17) is 10.4 Å². The molecule has 14 heavy (non-hydrogen) atoms. The highest BCUT2D eigenvalue weighted by molar-refractivity contribution is 9.11. The molecule has 5 heteroatoms. The third-order valence-corrected chi connectivity index (χ3v) is 2.99. The third kappa shape index (κ3) is 2.56. The number of carboxylic acids is 1. The summed E-state index contributed by atoms with van der Waals surface area (Å²) >= 11 is 6.41. The number of nitrogens with zero attached hydrogens (tertiary/aromatic N) is 1. The lowest BCUT2D eigenvalue weighted by molar-refractivity contribution is -0.136. The smallest absolute Gasteiger partial charge is 0.307 e. The maximum absolute atomic E-state index is 10.5. The van der Waals surface area contributed by atoms with Gasteiger partial charge in [-0.25, -0.2) is 0 Å². The van der Waals surface area contributed by atoms with Crippen molar-refractivity contribution in [3.8, 4) is 6.07 Å². The first-order valence-electron chi connectivity index (χ1n) is 3.64. The SMILES string of the molecule is N#Cc1cc(Br)c(CC(=O)O)cc1Br. The normalized spacial score (nSPS) is 9.50. The van der Waals surface area contributed by atoms with Gasteiger partial charge in [0.2, 0.25) is 0 Å². The van der Waals surface area contributed by atoms with Crippen LogP contribution in [0.4, 0.5) is 0 Å². The Labute approximate surface area is 97.6 Å². The van der Waals surface area contributed by atoms with Crippen LogP contribution in [0.25, 0.3) is 0 Å². The van der Waals surface area contributed by atoms with Crippen LogP contribution in [0, 0.1) is 11.3 Å². The number of hydrogen-bond acceptors (Lipinski definition) is 2. The van der Waals surface area contributed by atoms with Gasteiger partial charge in [0.05, 0.1) is 12.0 Å². The summed E-state index contributed by atoms with van der Waals surface area (Å²) < 4.78 is 1.25. The minimum Gasteiger partial charge on any atom is -0.481 e. The fourth-order valence-electron chi connectivity index (χ4n) is 0.972. The molecule has 0 fully saturated rings. The van der Waals surface area contributed by atoms with Crippen LogP contribution in [0.15, 0.2) is 21.1 Å². The van der Waals surface area contributed by atoms with Crippen molar-refractivity contribution in [2.24, 2.45) is 0 Å². The molecule has 1 aromatic carbocycles. The summed E-state index contributed by atoms with van der Waals surface area (Å²) in [6, 6.07) is 5.23. The largest absolute Gasteiger partial charge is 0.481 e. The van der Waals surface area contributed by atoms with Crippen molar-refractivity contribution >= 4 is 37.8 Å². The van der Waals surface area contributed by atoms with Crippen molar-refractivity contribution in [3.05, 3.63) is 32.2 Å². The number of benzene rings is 1. The lowest BCUT2D eigenvalue weighted by Gasteiger charge is -2.03. The van der Waals surface area contributed by atoms with Crippen LogP contribution in [-0.2, 0) is 11.2 Å². The lowest BCUT2D eigenvalue weighted by atomic mass is 10.1. The molecule has 1 N–H and O–H groups in total. The zero-order valence-electron chi connectivity index (χ0n) is 6.92. The number of aliphatic carboxylic acids is 1. The number of rotatable bonds is 2. The summed E-state index contributed by atoms with van der Waals surface area (Å²) in [5.74, 6) is -0.901. The minimum atomic E-state index is -0.901. The molecule has 0 spiro atoms. The van der Waals surface area contributed by atoms with Crippen molar-refractivity contribution < 1.29 is 9.90 Å². The van der Waals surface area contributed by atoms with Crippen LogP contribution >= 0.6 is 31.9 Å². The highest BCUT2D eigenvalue weighted by Crippen LogP contribution is 2.25. The molecule has 0 aliphatic heterocycles. The van der Waals surface area contributed by atoms with E-state index in [1.54, 1.807) is 12.1 Å². The Hall–Kier alpha value is -0.860. The second-order valence-electron chi connectivity index (χ2n) is 2.61. The van der Waals surface area contributed by atoms with Gasteiger partial charge in [0, 0.05) is 8.95 Å². The van der Waals surface area contributed by atoms with Crippen molar-refractivity contribution in [1.29, 1.82) is 5.26 Å². The molecule has 0 atom stereocenters. The predicted octanol–water partition coefficient (Wildman–Crippen LogP) is 2.71. The van der Waals surface area contributed by atoms with Gasteiger partial charge in [-0.15, -0.1) is 0 Å². The maximum atomic E-state index is 10.5. The Morgan fingerprint density at radius 2 is 2.07 bits per heavy atom. The van der Waals surface area contributed by atoms with Gasteiger partial charge in [-0.3, -0.25) is 4.79 Å². The van der Waals surface area contributed by atoms with Crippen molar-refractivity contribution in [2.75, 3.05) is 0 Å². The second-order valence-corrected chi connectivity index (χ2v) is 4.31. The van der Waals surface area contributed by atoms with E-state index in [2.05, 4.69) is 31.9 Å². The van der Waals surface area contributed by atoms with Gasteiger partial charge in [-0.05, 0) is 33.6 Å². The van der Waals surface area contributed by atoms with E-state index in [0.717, 1.165) is 0 Å². The number of halogens is 2. The van der Waals surface area contributed by atoms with Gasteiger partial charge < -0.3 is 5.11 Å². The topological polar surface area (TPSA) is 61.1 Å². The van der Waals surface area contributed by atoms with Crippen LogP contribution in [-0.4, -0.2) is 11.1 Å². The fraction of sp³-hybridized carbons (Fsp3) is 0.111. The van der Waals surface area contributed by atoms with Gasteiger partial charge in [-0.2, -0.15) is 5.26 Å². The Morgan fingerprint density at radius 1 is 1.43 bits per heavy atom. The number of carbonyl (C=O) groups is 1. The van der Waals surface area contributed by atoms with Crippen molar-refractivity contribution in [1.82, 2.24) is 0 Å². The van der Waals surface area contributed by atoms with Gasteiger partial charge in [-0.1, -0.05) is 15.9 Å². The van der Waals surface area contributed by atoms with E-state index in [0.29, 0.717) is 20.1 Å². The number of nitriles is 1. The van der Waals surface area contributed by atoms with Crippen molar-refractivity contribution in [3.63, 3.8) is 0 Å². The molecule has 1 rings (SSSR count). The zero-order chi connectivity index (χ0) is 10.7. The maximum Gasteiger partial charge on any atom is 0.307 e. The Kier molecular flexibility index (Phi) is 3.67. The first-order valence-corrected chi connectivity index (χ1v) is 5.23. The van der Waals surface area contributed by atoms with Crippen LogP contribution in [0.1, 0.15) is 11.1 Å². The summed E-state index contributed by atoms with van der Waals surface area (Å²) in [7, 11) is 0. The van der Waals surface area contributed by atoms with Gasteiger partial charge in [0.15, 0.2) is 0 Å². The van der Waals surface area contributed by atoms with E-state index >= 15 is 0 Å². The molecular formula is C9H5Br2NO2. The highest BCUT2D eigenvalue weighted by atomic mass is 79.9. The molecular weight excluding hydrogens is 314 g/mol. The van der Waals surface area contributed by atoms with E-state index in [9.17, 15) is 4.79 Å². The Bertz CT molecular complexity index is 424. The average Bonchev–Trinajstić information content (AvgIpc) is 2.10. The first-order chi connectivity index (χ1) is 6.54. The zero-order valence-corrected chi connectivity index (χ0v) is 10.1. The van der Waals surface area contributed by atoms with Gasteiger partial charge in [0.25, 0.3) is 0 Å². The predicted molar refractivity (Wildman–Crippen MR) is 57.9 cm³/mol.